The van der Waals surface area contributed by atoms with E-state index in [2.05, 4.69) is 166 Å². The van der Waals surface area contributed by atoms with Crippen molar-refractivity contribution in [2.75, 3.05) is 0 Å². The number of fused-ring (bicyclic) bond motifs is 10. The molecule has 0 atom stereocenters. The molecule has 1 spiro atoms. The zero-order valence-corrected chi connectivity index (χ0v) is 32.8. The van der Waals surface area contributed by atoms with E-state index < -0.39 is 9.71 Å². The smallest absolute Gasteiger partial charge is 0.0874 e. The molecule has 3 heteroatoms. The molecule has 54 heavy (non-hydrogen) atoms. The van der Waals surface area contributed by atoms with Gasteiger partial charge in [0, 0.05) is 11.1 Å². The molecule has 9 rings (SSSR count). The van der Waals surface area contributed by atoms with Gasteiger partial charge in [0.25, 0.3) is 0 Å². The number of benzene rings is 7. The largest absolute Gasteiger partial charge is 0.180 e. The number of alkyl halides is 3. The minimum atomic E-state index is -0.750. The van der Waals surface area contributed by atoms with E-state index in [1.165, 1.54) is 83.5 Å². The molecule has 7 aromatic rings. The number of rotatable bonds is 4. The van der Waals surface area contributed by atoms with Crippen molar-refractivity contribution < 1.29 is 0 Å². The second kappa shape index (κ2) is 15.0. The van der Waals surface area contributed by atoms with Crippen molar-refractivity contribution in [2.24, 2.45) is 0 Å². The van der Waals surface area contributed by atoms with Gasteiger partial charge in [-0.15, -0.1) is 0 Å². The quantitative estimate of drug-likeness (QED) is 0.124. The van der Waals surface area contributed by atoms with Crippen LogP contribution in [0.1, 0.15) is 63.9 Å². The van der Waals surface area contributed by atoms with Gasteiger partial charge in [-0.2, -0.15) is 0 Å². The first kappa shape index (κ1) is 36.0. The van der Waals surface area contributed by atoms with Gasteiger partial charge >= 0.3 is 0 Å². The van der Waals surface area contributed by atoms with E-state index in [9.17, 15) is 0 Å². The van der Waals surface area contributed by atoms with Crippen LogP contribution >= 0.6 is 34.8 Å². The van der Waals surface area contributed by atoms with Gasteiger partial charge in [-0.1, -0.05) is 193 Å². The van der Waals surface area contributed by atoms with Crippen molar-refractivity contribution in [2.45, 2.75) is 43.3 Å². The lowest BCUT2D eigenvalue weighted by Gasteiger charge is -2.34. The van der Waals surface area contributed by atoms with Crippen molar-refractivity contribution in [1.82, 2.24) is 0 Å². The van der Waals surface area contributed by atoms with Crippen LogP contribution in [-0.4, -0.2) is 4.30 Å². The first-order chi connectivity index (χ1) is 26.4. The van der Waals surface area contributed by atoms with E-state index in [4.69, 9.17) is 34.8 Å². The van der Waals surface area contributed by atoms with E-state index in [0.717, 1.165) is 24.0 Å². The van der Waals surface area contributed by atoms with Gasteiger partial charge in [-0.3, -0.25) is 0 Å². The second-order valence-corrected chi connectivity index (χ2v) is 15.8. The van der Waals surface area contributed by atoms with Crippen LogP contribution in [0.25, 0.3) is 44.5 Å². The first-order valence-electron chi connectivity index (χ1n) is 18.6. The Kier molecular flexibility index (Phi) is 10.00. The number of halogens is 3. The lowest BCUT2D eigenvalue weighted by atomic mass is 9.67. The summed E-state index contributed by atoms with van der Waals surface area (Å²) in [6.07, 6.45) is 1.89. The van der Waals surface area contributed by atoms with Crippen molar-refractivity contribution in [1.29, 1.82) is 0 Å². The predicted octanol–water partition coefficient (Wildman–Crippen LogP) is 14.2. The topological polar surface area (TPSA) is 0 Å². The van der Waals surface area contributed by atoms with Gasteiger partial charge in [0.2, 0.25) is 0 Å². The third-order valence-corrected chi connectivity index (χ3v) is 11.0. The average Bonchev–Trinajstić information content (AvgIpc) is 3.67. The highest BCUT2D eigenvalue weighted by molar-refractivity contribution is 6.63. The van der Waals surface area contributed by atoms with Crippen LogP contribution in [0.15, 0.2) is 152 Å². The second-order valence-electron chi connectivity index (χ2n) is 13.9. The SMILES string of the molecule is CCc1c(CC)c(-c2ccc(C)cc2)c2c(c1-c1ccc(C#Cc3ccccc3)cc1)-c1ccccc1C21c2ccccc2-c2ccccc21.ClC(Cl)Cl. The summed E-state index contributed by atoms with van der Waals surface area (Å²) in [6, 6.07) is 56.0. The number of aryl methyl sites for hydroxylation is 1. The molecule has 0 saturated heterocycles. The molecule has 0 nitrogen and oxygen atoms in total. The molecule has 264 valence electrons. The molecule has 2 aliphatic rings. The first-order valence-corrected chi connectivity index (χ1v) is 19.9. The molecule has 0 saturated carbocycles. The average molecular weight is 758 g/mol. The number of hydrogen-bond donors (Lipinski definition) is 0. The Morgan fingerprint density at radius 2 is 0.870 bits per heavy atom. The summed E-state index contributed by atoms with van der Waals surface area (Å²) in [5, 5.41) is 0. The summed E-state index contributed by atoms with van der Waals surface area (Å²) in [5.74, 6) is 6.75. The highest BCUT2D eigenvalue weighted by Gasteiger charge is 2.54. The number of hydrogen-bond acceptors (Lipinski definition) is 0. The molecular weight excluding hydrogens is 719 g/mol. The van der Waals surface area contributed by atoms with E-state index in [1.54, 1.807) is 0 Å². The van der Waals surface area contributed by atoms with Crippen molar-refractivity contribution in [3.63, 3.8) is 0 Å². The Hall–Kier alpha value is -5.03. The summed E-state index contributed by atoms with van der Waals surface area (Å²) < 4.78 is -0.750. The zero-order valence-electron chi connectivity index (χ0n) is 30.6. The van der Waals surface area contributed by atoms with Gasteiger partial charge < -0.3 is 0 Å². The maximum atomic E-state index is 4.81. The van der Waals surface area contributed by atoms with Crippen LogP contribution in [0.5, 0.6) is 0 Å². The van der Waals surface area contributed by atoms with Crippen LogP contribution in [0, 0.1) is 18.8 Å². The minimum Gasteiger partial charge on any atom is -0.0874 e. The zero-order chi connectivity index (χ0) is 37.4. The molecule has 0 fully saturated rings. The van der Waals surface area contributed by atoms with Crippen molar-refractivity contribution >= 4 is 34.8 Å². The predicted molar refractivity (Wildman–Crippen MR) is 231 cm³/mol. The molecular formula is C51H39Cl3. The fourth-order valence-corrected chi connectivity index (χ4v) is 8.98. The molecule has 0 heterocycles. The Morgan fingerprint density at radius 3 is 1.41 bits per heavy atom. The molecule has 0 aliphatic heterocycles. The molecule has 0 unspecified atom stereocenters. The van der Waals surface area contributed by atoms with Crippen LogP contribution in [-0.2, 0) is 18.3 Å². The summed E-state index contributed by atoms with van der Waals surface area (Å²) in [6.45, 7) is 6.86. The molecule has 7 aromatic carbocycles. The van der Waals surface area contributed by atoms with E-state index in [1.807, 2.05) is 18.2 Å². The normalized spacial score (nSPS) is 12.6. The Labute approximate surface area is 334 Å². The monoisotopic (exact) mass is 756 g/mol. The fraction of sp³-hybridized carbons (Fsp3) is 0.137. The molecule has 0 aromatic heterocycles. The van der Waals surface area contributed by atoms with Crippen molar-refractivity contribution in [3.05, 3.63) is 202 Å². The molecule has 2 aliphatic carbocycles. The Bertz CT molecular complexity index is 2500. The summed E-state index contributed by atoms with van der Waals surface area (Å²) >= 11 is 14.4. The third-order valence-electron chi connectivity index (χ3n) is 11.0. The maximum absolute atomic E-state index is 4.81. The standard InChI is InChI=1S/C50H38.CHCl3/c1-4-38-39(5-2)47(37-29-23-33(3)24-30-37)49-48(46(38)36-31-27-35(28-32-36)26-25-34-15-7-6-8-16-34)42-19-11-14-22-45(42)50(49)43-20-12-9-17-40(43)41-18-10-13-21-44(41)50;2-1(3)4/h6-24,27-32H,4-5H2,1-3H3;1H. The summed E-state index contributed by atoms with van der Waals surface area (Å²) in [5.41, 5.74) is 22.0. The Morgan fingerprint density at radius 1 is 0.463 bits per heavy atom. The lowest BCUT2D eigenvalue weighted by Crippen LogP contribution is -2.27. The minimum absolute atomic E-state index is 0.439. The molecule has 0 radical (unpaired) electrons. The highest BCUT2D eigenvalue weighted by atomic mass is 35.6. The van der Waals surface area contributed by atoms with Gasteiger partial charge in [-0.25, -0.2) is 0 Å². The van der Waals surface area contributed by atoms with Crippen LogP contribution in [0.3, 0.4) is 0 Å². The highest BCUT2D eigenvalue weighted by Crippen LogP contribution is 2.66. The molecule has 0 bridgehead atoms. The van der Waals surface area contributed by atoms with Gasteiger partial charge in [0.05, 0.1) is 5.41 Å². The molecule has 0 N–H and O–H groups in total. The van der Waals surface area contributed by atoms with Gasteiger partial charge in [-0.05, 0) is 122 Å². The molecule has 0 amide bonds. The van der Waals surface area contributed by atoms with Crippen LogP contribution in [0.4, 0.5) is 0 Å². The summed E-state index contributed by atoms with van der Waals surface area (Å²) in [7, 11) is 0. The Balaban J connectivity index is 0.000000987. The van der Waals surface area contributed by atoms with Crippen LogP contribution < -0.4 is 0 Å². The third kappa shape index (κ3) is 5.97. The van der Waals surface area contributed by atoms with Gasteiger partial charge in [0.15, 0.2) is 4.30 Å². The van der Waals surface area contributed by atoms with E-state index in [-0.39, 0.29) is 0 Å². The van der Waals surface area contributed by atoms with Crippen molar-refractivity contribution in [3.8, 4) is 56.3 Å². The fourth-order valence-electron chi connectivity index (χ4n) is 8.98. The van der Waals surface area contributed by atoms with Crippen LogP contribution in [0.2, 0.25) is 0 Å². The lowest BCUT2D eigenvalue weighted by molar-refractivity contribution is 0.793. The van der Waals surface area contributed by atoms with E-state index >= 15 is 0 Å². The summed E-state index contributed by atoms with van der Waals surface area (Å²) in [4.78, 5) is 0. The maximum Gasteiger partial charge on any atom is 0.180 e. The van der Waals surface area contributed by atoms with E-state index in [0.29, 0.717) is 0 Å². The van der Waals surface area contributed by atoms with Gasteiger partial charge in [0.1, 0.15) is 0 Å².